The predicted octanol–water partition coefficient (Wildman–Crippen LogP) is 5.65. The smallest absolute Gasteiger partial charge is 0.322 e. The zero-order valence-electron chi connectivity index (χ0n) is 18.0. The molecular weight excluding hydrogens is 393 g/mol. The molecule has 0 unspecified atom stereocenters. The topological polar surface area (TPSA) is 65.2 Å². The number of rotatable bonds is 4. The number of hydrogen-bond acceptors (Lipinski definition) is 2. The Morgan fingerprint density at radius 2 is 1.87 bits per heavy atom. The molecule has 0 atom stereocenters. The minimum atomic E-state index is -0.478. The van der Waals surface area contributed by atoms with Crippen molar-refractivity contribution in [1.29, 1.82) is 0 Å². The predicted molar refractivity (Wildman–Crippen MR) is 122 cm³/mol. The molecule has 1 saturated carbocycles. The molecule has 0 saturated heterocycles. The van der Waals surface area contributed by atoms with Gasteiger partial charge in [-0.2, -0.15) is 0 Å². The summed E-state index contributed by atoms with van der Waals surface area (Å²) in [6.07, 6.45) is 5.00. The lowest BCUT2D eigenvalue weighted by Gasteiger charge is -2.34. The van der Waals surface area contributed by atoms with Gasteiger partial charge in [-0.25, -0.2) is 9.18 Å². The van der Waals surface area contributed by atoms with E-state index in [1.165, 1.54) is 6.07 Å². The van der Waals surface area contributed by atoms with Gasteiger partial charge in [-0.1, -0.05) is 37.5 Å². The molecule has 0 bridgehead atoms. The number of fused-ring (bicyclic) bond motifs is 1. The van der Waals surface area contributed by atoms with Crippen molar-refractivity contribution in [3.05, 3.63) is 75.3 Å². The van der Waals surface area contributed by atoms with Gasteiger partial charge < -0.3 is 15.2 Å². The molecular formula is C25H28FN3O2. The van der Waals surface area contributed by atoms with E-state index in [2.05, 4.69) is 16.4 Å². The van der Waals surface area contributed by atoms with Crippen LogP contribution in [0.15, 0.2) is 47.3 Å². The Balaban J connectivity index is 1.67. The SMILES string of the molecule is Cc1cc(C)c2cc(CN(C(=O)Nc3ccccc3F)C3CCCCC3)c(=O)[nH]c2c1. The Hall–Kier alpha value is -3.15. The Labute approximate surface area is 181 Å². The quantitative estimate of drug-likeness (QED) is 0.572. The lowest BCUT2D eigenvalue weighted by molar-refractivity contribution is 0.162. The number of halogens is 1. The summed E-state index contributed by atoms with van der Waals surface area (Å²) in [5, 5.41) is 3.67. The maximum Gasteiger partial charge on any atom is 0.322 e. The molecule has 2 aromatic carbocycles. The highest BCUT2D eigenvalue weighted by Crippen LogP contribution is 2.26. The van der Waals surface area contributed by atoms with Crippen molar-refractivity contribution in [2.24, 2.45) is 0 Å². The van der Waals surface area contributed by atoms with Gasteiger partial charge in [-0.05, 0) is 62.1 Å². The van der Waals surface area contributed by atoms with E-state index < -0.39 is 5.82 Å². The summed E-state index contributed by atoms with van der Waals surface area (Å²) >= 11 is 0. The molecule has 0 spiro atoms. The number of para-hydroxylation sites is 1. The second kappa shape index (κ2) is 8.92. The summed E-state index contributed by atoms with van der Waals surface area (Å²) in [5.41, 5.74) is 3.44. The number of nitrogens with zero attached hydrogens (tertiary/aromatic N) is 1. The third kappa shape index (κ3) is 4.63. The average Bonchev–Trinajstić information content (AvgIpc) is 2.74. The number of nitrogens with one attached hydrogen (secondary N) is 2. The summed E-state index contributed by atoms with van der Waals surface area (Å²) in [5.74, 6) is -0.478. The van der Waals surface area contributed by atoms with E-state index in [1.807, 2.05) is 26.0 Å². The molecule has 1 aliphatic rings. The van der Waals surface area contributed by atoms with Crippen LogP contribution in [0.4, 0.5) is 14.9 Å². The zero-order chi connectivity index (χ0) is 22.0. The second-order valence-corrected chi connectivity index (χ2v) is 8.50. The van der Waals surface area contributed by atoms with Crippen molar-refractivity contribution >= 4 is 22.6 Å². The molecule has 3 aromatic rings. The van der Waals surface area contributed by atoms with Gasteiger partial charge in [0.1, 0.15) is 5.82 Å². The Morgan fingerprint density at radius 1 is 1.13 bits per heavy atom. The lowest BCUT2D eigenvalue weighted by Crippen LogP contribution is -2.44. The van der Waals surface area contributed by atoms with E-state index >= 15 is 0 Å². The van der Waals surface area contributed by atoms with Gasteiger partial charge in [0.15, 0.2) is 0 Å². The molecule has 1 aliphatic carbocycles. The van der Waals surface area contributed by atoms with E-state index in [0.717, 1.165) is 54.1 Å². The van der Waals surface area contributed by atoms with E-state index in [0.29, 0.717) is 5.56 Å². The molecule has 5 nitrogen and oxygen atoms in total. The fourth-order valence-electron chi connectivity index (χ4n) is 4.53. The number of pyridine rings is 1. The summed E-state index contributed by atoms with van der Waals surface area (Å²) in [7, 11) is 0. The van der Waals surface area contributed by atoms with E-state index in [-0.39, 0.29) is 29.9 Å². The lowest BCUT2D eigenvalue weighted by atomic mass is 9.94. The third-order valence-corrected chi connectivity index (χ3v) is 6.12. The van der Waals surface area contributed by atoms with Crippen molar-refractivity contribution < 1.29 is 9.18 Å². The molecule has 2 N–H and O–H groups in total. The first-order valence-electron chi connectivity index (χ1n) is 10.9. The Bertz CT molecular complexity index is 1170. The largest absolute Gasteiger partial charge is 0.322 e. The van der Waals surface area contributed by atoms with Crippen LogP contribution >= 0.6 is 0 Å². The van der Waals surface area contributed by atoms with Crippen LogP contribution in [0.1, 0.15) is 48.8 Å². The molecule has 0 aliphatic heterocycles. The van der Waals surface area contributed by atoms with Gasteiger partial charge in [0.05, 0.1) is 12.2 Å². The fourth-order valence-corrected chi connectivity index (χ4v) is 4.53. The summed E-state index contributed by atoms with van der Waals surface area (Å²) in [6.45, 7) is 4.20. The number of anilines is 1. The van der Waals surface area contributed by atoms with Gasteiger partial charge in [-0.15, -0.1) is 0 Å². The van der Waals surface area contributed by atoms with Gasteiger partial charge in [0, 0.05) is 22.5 Å². The van der Waals surface area contributed by atoms with Gasteiger partial charge in [-0.3, -0.25) is 4.79 Å². The first-order chi connectivity index (χ1) is 14.9. The van der Waals surface area contributed by atoms with Crippen molar-refractivity contribution in [1.82, 2.24) is 9.88 Å². The number of urea groups is 1. The highest BCUT2D eigenvalue weighted by atomic mass is 19.1. The Morgan fingerprint density at radius 3 is 2.61 bits per heavy atom. The van der Waals surface area contributed by atoms with Crippen LogP contribution in [0, 0.1) is 19.7 Å². The highest BCUT2D eigenvalue weighted by molar-refractivity contribution is 5.90. The standard InChI is InChI=1S/C25H28FN3O2/c1-16-12-17(2)20-14-18(24(30)27-23(20)13-16)15-29(19-8-4-3-5-9-19)25(31)28-22-11-7-6-10-21(22)26/h6-7,10-14,19H,3-5,8-9,15H2,1-2H3,(H,27,30)(H,28,31). The van der Waals surface area contributed by atoms with Crippen LogP contribution in [-0.2, 0) is 6.54 Å². The van der Waals surface area contributed by atoms with Crippen LogP contribution in [0.2, 0.25) is 0 Å². The third-order valence-electron chi connectivity index (χ3n) is 6.12. The van der Waals surface area contributed by atoms with E-state index in [4.69, 9.17) is 0 Å². The first kappa shape index (κ1) is 21.1. The molecule has 31 heavy (non-hydrogen) atoms. The van der Waals surface area contributed by atoms with E-state index in [9.17, 15) is 14.0 Å². The average molecular weight is 422 g/mol. The molecule has 162 valence electrons. The van der Waals surface area contributed by atoms with Gasteiger partial charge in [0.25, 0.3) is 5.56 Å². The molecule has 1 heterocycles. The van der Waals surface area contributed by atoms with Crippen LogP contribution in [0.3, 0.4) is 0 Å². The first-order valence-corrected chi connectivity index (χ1v) is 10.9. The molecule has 4 rings (SSSR count). The second-order valence-electron chi connectivity index (χ2n) is 8.50. The van der Waals surface area contributed by atoms with Crippen molar-refractivity contribution in [3.8, 4) is 0 Å². The van der Waals surface area contributed by atoms with Crippen molar-refractivity contribution in [2.45, 2.75) is 58.5 Å². The highest BCUT2D eigenvalue weighted by Gasteiger charge is 2.27. The minimum Gasteiger partial charge on any atom is -0.322 e. The molecule has 1 aromatic heterocycles. The fraction of sp³-hybridized carbons (Fsp3) is 0.360. The van der Waals surface area contributed by atoms with Crippen molar-refractivity contribution in [3.63, 3.8) is 0 Å². The van der Waals surface area contributed by atoms with Crippen LogP contribution in [-0.4, -0.2) is 22.0 Å². The van der Waals surface area contributed by atoms with Gasteiger partial charge in [0.2, 0.25) is 0 Å². The van der Waals surface area contributed by atoms with Gasteiger partial charge >= 0.3 is 6.03 Å². The number of aryl methyl sites for hydroxylation is 2. The number of carbonyl (C=O) groups excluding carboxylic acids is 1. The monoisotopic (exact) mass is 421 g/mol. The summed E-state index contributed by atoms with van der Waals surface area (Å²) < 4.78 is 14.1. The number of aromatic amines is 1. The number of hydrogen-bond donors (Lipinski definition) is 2. The molecule has 2 amide bonds. The van der Waals surface area contributed by atoms with E-state index in [1.54, 1.807) is 23.1 Å². The number of carbonyl (C=O) groups is 1. The minimum absolute atomic E-state index is 0.0229. The van der Waals surface area contributed by atoms with Crippen LogP contribution in [0.25, 0.3) is 10.9 Å². The molecule has 6 heteroatoms. The zero-order valence-corrected chi connectivity index (χ0v) is 18.0. The normalized spacial score (nSPS) is 14.5. The number of benzene rings is 2. The maximum absolute atomic E-state index is 14.1. The summed E-state index contributed by atoms with van der Waals surface area (Å²) in [6, 6.07) is 11.7. The van der Waals surface area contributed by atoms with Crippen molar-refractivity contribution in [2.75, 3.05) is 5.32 Å². The number of amides is 2. The maximum atomic E-state index is 14.1. The number of H-pyrrole nitrogens is 1. The summed E-state index contributed by atoms with van der Waals surface area (Å²) in [4.78, 5) is 30.7. The molecule has 0 radical (unpaired) electrons. The van der Waals surface area contributed by atoms with Crippen LogP contribution < -0.4 is 10.9 Å². The number of aromatic nitrogens is 1. The Kier molecular flexibility index (Phi) is 6.07. The van der Waals surface area contributed by atoms with Crippen LogP contribution in [0.5, 0.6) is 0 Å². The molecule has 1 fully saturated rings.